The molecule has 5 N–H and O–H groups in total. The van der Waals surface area contributed by atoms with Crippen molar-refractivity contribution in [2.75, 3.05) is 0 Å². The SMILES string of the molecule is CC1(O)C(C)(O)[C@](C)(O)C(C(=O)O)O[C@@]1(C)Oc1c[nH]c2ccc(Br)c(Cl)c12. The molecule has 0 saturated carbocycles. The standard InChI is InChI=1S/C18H21BrClNO7/c1-15(24)13(14(22)23)28-18(4,17(3,26)16(15,2)25)27-10-7-21-9-6-5-8(19)12(20)11(9)10/h5-7,13,21,24-26H,1-4H3,(H,22,23)/t13?,15-,16?,17?,18-/m1/s1. The number of fused-ring (bicyclic) bond motifs is 1. The number of aromatic nitrogens is 1. The third-order valence-corrected chi connectivity index (χ3v) is 7.18. The number of benzene rings is 1. The molecule has 1 aliphatic heterocycles. The van der Waals surface area contributed by atoms with Gasteiger partial charge in [0.25, 0.3) is 0 Å². The molecule has 154 valence electrons. The first kappa shape index (κ1) is 21.4. The van der Waals surface area contributed by atoms with E-state index in [0.29, 0.717) is 20.4 Å². The van der Waals surface area contributed by atoms with E-state index in [4.69, 9.17) is 21.1 Å². The maximum absolute atomic E-state index is 11.7. The van der Waals surface area contributed by atoms with E-state index < -0.39 is 34.7 Å². The van der Waals surface area contributed by atoms with Gasteiger partial charge in [0.15, 0.2) is 11.7 Å². The highest BCUT2D eigenvalue weighted by atomic mass is 79.9. The minimum absolute atomic E-state index is 0.172. The van der Waals surface area contributed by atoms with E-state index in [2.05, 4.69) is 20.9 Å². The summed E-state index contributed by atoms with van der Waals surface area (Å²) in [5, 5.41) is 43.1. The van der Waals surface area contributed by atoms with Crippen molar-refractivity contribution in [2.24, 2.45) is 0 Å². The second-order valence-electron chi connectivity index (χ2n) is 7.61. The number of carbonyl (C=O) groups is 1. The molecule has 1 fully saturated rings. The molecule has 2 aromatic rings. The topological polar surface area (TPSA) is 132 Å². The zero-order chi connectivity index (χ0) is 21.3. The van der Waals surface area contributed by atoms with Crippen LogP contribution >= 0.6 is 27.5 Å². The highest BCUT2D eigenvalue weighted by molar-refractivity contribution is 9.10. The van der Waals surface area contributed by atoms with Crippen molar-refractivity contribution < 1.29 is 34.7 Å². The Morgan fingerprint density at radius 1 is 1.21 bits per heavy atom. The van der Waals surface area contributed by atoms with Crippen LogP contribution in [-0.2, 0) is 9.53 Å². The van der Waals surface area contributed by atoms with Crippen LogP contribution in [-0.4, -0.2) is 60.1 Å². The quantitative estimate of drug-likeness (QED) is 0.458. The lowest BCUT2D eigenvalue weighted by molar-refractivity contribution is -0.407. The smallest absolute Gasteiger partial charge is 0.336 e. The third kappa shape index (κ3) is 2.68. The van der Waals surface area contributed by atoms with Gasteiger partial charge in [0.1, 0.15) is 17.0 Å². The minimum atomic E-state index is -2.31. The summed E-state index contributed by atoms with van der Waals surface area (Å²) < 4.78 is 12.1. The van der Waals surface area contributed by atoms with Crippen LogP contribution in [0.3, 0.4) is 0 Å². The number of rotatable bonds is 3. The van der Waals surface area contributed by atoms with Crippen LogP contribution in [0.15, 0.2) is 22.8 Å². The number of aliphatic hydroxyl groups is 3. The van der Waals surface area contributed by atoms with Crippen molar-refractivity contribution >= 4 is 44.4 Å². The summed E-state index contributed by atoms with van der Waals surface area (Å²) in [7, 11) is 0. The highest BCUT2D eigenvalue weighted by Crippen LogP contribution is 2.50. The highest BCUT2D eigenvalue weighted by Gasteiger charge is 2.73. The second kappa shape index (κ2) is 6.32. The van der Waals surface area contributed by atoms with E-state index in [1.54, 1.807) is 12.1 Å². The van der Waals surface area contributed by atoms with E-state index in [0.717, 1.165) is 13.8 Å². The Bertz CT molecular complexity index is 955. The van der Waals surface area contributed by atoms with Crippen LogP contribution in [0.25, 0.3) is 10.9 Å². The molecule has 0 bridgehead atoms. The molecule has 8 nitrogen and oxygen atoms in total. The lowest BCUT2D eigenvalue weighted by Crippen LogP contribution is -2.82. The number of ether oxygens (including phenoxy) is 2. The van der Waals surface area contributed by atoms with Gasteiger partial charge in [-0.05, 0) is 48.8 Å². The lowest BCUT2D eigenvalue weighted by atomic mass is 9.65. The van der Waals surface area contributed by atoms with E-state index in [-0.39, 0.29) is 5.75 Å². The first-order valence-corrected chi connectivity index (χ1v) is 9.56. The maximum Gasteiger partial charge on any atom is 0.336 e. The van der Waals surface area contributed by atoms with Crippen molar-refractivity contribution in [2.45, 2.75) is 56.4 Å². The van der Waals surface area contributed by atoms with Gasteiger partial charge >= 0.3 is 5.97 Å². The zero-order valence-electron chi connectivity index (χ0n) is 15.6. The molecule has 28 heavy (non-hydrogen) atoms. The fourth-order valence-corrected chi connectivity index (χ4v) is 4.06. The van der Waals surface area contributed by atoms with Gasteiger partial charge in [-0.1, -0.05) is 11.6 Å². The van der Waals surface area contributed by atoms with Gasteiger partial charge in [0, 0.05) is 17.6 Å². The summed E-state index contributed by atoms with van der Waals surface area (Å²) in [6.45, 7) is 4.70. The monoisotopic (exact) mass is 477 g/mol. The number of carboxylic acid groups (broad SMARTS) is 1. The van der Waals surface area contributed by atoms with Crippen LogP contribution in [0.5, 0.6) is 5.75 Å². The maximum atomic E-state index is 11.7. The van der Waals surface area contributed by atoms with Gasteiger partial charge in [-0.15, -0.1) is 0 Å². The fraction of sp³-hybridized carbons (Fsp3) is 0.500. The number of carboxylic acids is 1. The minimum Gasteiger partial charge on any atom is -0.479 e. The van der Waals surface area contributed by atoms with Gasteiger partial charge in [-0.2, -0.15) is 0 Å². The van der Waals surface area contributed by atoms with Crippen LogP contribution in [0.4, 0.5) is 0 Å². The molecule has 10 heteroatoms. The number of aliphatic carboxylic acids is 1. The molecule has 3 rings (SSSR count). The van der Waals surface area contributed by atoms with E-state index in [9.17, 15) is 25.2 Å². The molecule has 0 aliphatic carbocycles. The Labute approximate surface area is 174 Å². The third-order valence-electron chi connectivity index (χ3n) is 5.90. The van der Waals surface area contributed by atoms with Crippen molar-refractivity contribution in [3.8, 4) is 5.75 Å². The molecule has 3 unspecified atom stereocenters. The normalized spacial score (nSPS) is 38.5. The molecule has 1 saturated heterocycles. The van der Waals surface area contributed by atoms with E-state index >= 15 is 0 Å². The van der Waals surface area contributed by atoms with Crippen molar-refractivity contribution in [1.29, 1.82) is 0 Å². The summed E-state index contributed by atoms with van der Waals surface area (Å²) in [6.07, 6.45) is -0.398. The molecule has 0 amide bonds. The number of hydrogen-bond acceptors (Lipinski definition) is 6. The number of nitrogens with one attached hydrogen (secondary N) is 1. The Balaban J connectivity index is 2.15. The average Bonchev–Trinajstić information content (AvgIpc) is 2.97. The lowest BCUT2D eigenvalue weighted by Gasteiger charge is -2.60. The molecular formula is C18H21BrClNO7. The number of aromatic amines is 1. The molecular weight excluding hydrogens is 458 g/mol. The summed E-state index contributed by atoms with van der Waals surface area (Å²) in [5.41, 5.74) is -6.22. The predicted molar refractivity (Wildman–Crippen MR) is 104 cm³/mol. The predicted octanol–water partition coefficient (Wildman–Crippen LogP) is 2.42. The summed E-state index contributed by atoms with van der Waals surface area (Å²) >= 11 is 9.68. The van der Waals surface area contributed by atoms with Crippen molar-refractivity contribution in [3.05, 3.63) is 27.8 Å². The number of hydrogen-bond donors (Lipinski definition) is 5. The van der Waals surface area contributed by atoms with Gasteiger partial charge < -0.3 is 34.9 Å². The van der Waals surface area contributed by atoms with E-state index in [1.807, 2.05) is 0 Å². The summed E-state index contributed by atoms with van der Waals surface area (Å²) in [4.78, 5) is 14.7. The zero-order valence-corrected chi connectivity index (χ0v) is 17.9. The van der Waals surface area contributed by atoms with Crippen LogP contribution in [0.2, 0.25) is 5.02 Å². The Morgan fingerprint density at radius 2 is 1.82 bits per heavy atom. The largest absolute Gasteiger partial charge is 0.479 e. The molecule has 2 heterocycles. The summed E-state index contributed by atoms with van der Waals surface area (Å²) in [5.74, 6) is -3.40. The average molecular weight is 479 g/mol. The fourth-order valence-electron chi connectivity index (χ4n) is 3.48. The summed E-state index contributed by atoms with van der Waals surface area (Å²) in [6, 6.07) is 3.49. The van der Waals surface area contributed by atoms with Crippen molar-refractivity contribution in [3.63, 3.8) is 0 Å². The van der Waals surface area contributed by atoms with E-state index in [1.165, 1.54) is 20.0 Å². The Morgan fingerprint density at radius 3 is 2.39 bits per heavy atom. The second-order valence-corrected chi connectivity index (χ2v) is 8.85. The van der Waals surface area contributed by atoms with Crippen LogP contribution in [0, 0.1) is 0 Å². The molecule has 1 aromatic heterocycles. The van der Waals surface area contributed by atoms with Gasteiger partial charge in [-0.3, -0.25) is 0 Å². The van der Waals surface area contributed by atoms with Gasteiger partial charge in [0.2, 0.25) is 5.79 Å². The van der Waals surface area contributed by atoms with Crippen LogP contribution < -0.4 is 4.74 Å². The molecule has 1 aromatic carbocycles. The molecule has 0 radical (unpaired) electrons. The molecule has 0 spiro atoms. The molecule has 5 atom stereocenters. The Kier molecular flexibility index (Phi) is 4.82. The van der Waals surface area contributed by atoms with Crippen molar-refractivity contribution in [1.82, 2.24) is 4.98 Å². The van der Waals surface area contributed by atoms with Gasteiger partial charge in [-0.25, -0.2) is 4.79 Å². The number of halogens is 2. The first-order chi connectivity index (χ1) is 12.7. The number of H-pyrrole nitrogens is 1. The van der Waals surface area contributed by atoms with Gasteiger partial charge in [0.05, 0.1) is 15.9 Å². The Hall–Kier alpha value is -1.36. The first-order valence-electron chi connectivity index (χ1n) is 8.39. The molecule has 1 aliphatic rings. The van der Waals surface area contributed by atoms with Crippen LogP contribution in [0.1, 0.15) is 27.7 Å².